The highest BCUT2D eigenvalue weighted by Gasteiger charge is 2.37. The van der Waals surface area contributed by atoms with Gasteiger partial charge < -0.3 is 10.2 Å². The second-order valence-electron chi connectivity index (χ2n) is 7.27. The molecule has 2 aromatic rings. The Kier molecular flexibility index (Phi) is 4.49. The molecular formula is C22H24N2O2. The summed E-state index contributed by atoms with van der Waals surface area (Å²) in [4.78, 5) is 26.7. The largest absolute Gasteiger partial charge is 0.344 e. The first-order valence-corrected chi connectivity index (χ1v) is 9.38. The lowest BCUT2D eigenvalue weighted by Gasteiger charge is -2.34. The molecule has 4 heteroatoms. The summed E-state index contributed by atoms with van der Waals surface area (Å²) in [5, 5.41) is 2.84. The minimum atomic E-state index is -0.373. The average Bonchev–Trinajstić information content (AvgIpc) is 3.04. The molecule has 0 bridgehead atoms. The van der Waals surface area contributed by atoms with Crippen molar-refractivity contribution in [3.63, 3.8) is 0 Å². The van der Waals surface area contributed by atoms with E-state index >= 15 is 0 Å². The number of benzene rings is 2. The maximum atomic E-state index is 13.1. The summed E-state index contributed by atoms with van der Waals surface area (Å²) in [5.41, 5.74) is 3.83. The predicted molar refractivity (Wildman–Crippen MR) is 101 cm³/mol. The maximum absolute atomic E-state index is 13.1. The molecular weight excluding hydrogens is 324 g/mol. The van der Waals surface area contributed by atoms with Gasteiger partial charge in [-0.15, -0.1) is 0 Å². The van der Waals surface area contributed by atoms with Crippen molar-refractivity contribution >= 4 is 11.8 Å². The van der Waals surface area contributed by atoms with Crippen LogP contribution in [0.4, 0.5) is 0 Å². The molecule has 1 saturated heterocycles. The number of amides is 2. The van der Waals surface area contributed by atoms with Crippen molar-refractivity contribution < 1.29 is 9.59 Å². The average molecular weight is 348 g/mol. The van der Waals surface area contributed by atoms with Gasteiger partial charge in [0.1, 0.15) is 6.04 Å². The molecule has 2 heterocycles. The van der Waals surface area contributed by atoms with Gasteiger partial charge in [0.25, 0.3) is 0 Å². The molecule has 0 spiro atoms. The zero-order chi connectivity index (χ0) is 18.1. The van der Waals surface area contributed by atoms with Crippen molar-refractivity contribution in [3.05, 3.63) is 71.3 Å². The van der Waals surface area contributed by atoms with E-state index in [2.05, 4.69) is 60.8 Å². The number of carbonyl (C=O) groups excluding carboxylic acids is 2. The third-order valence-corrected chi connectivity index (χ3v) is 5.72. The number of hydrogen-bond donors (Lipinski definition) is 1. The van der Waals surface area contributed by atoms with Crippen LogP contribution >= 0.6 is 0 Å². The van der Waals surface area contributed by atoms with E-state index in [4.69, 9.17) is 0 Å². The number of rotatable bonds is 2. The van der Waals surface area contributed by atoms with E-state index in [0.29, 0.717) is 19.4 Å². The van der Waals surface area contributed by atoms with Gasteiger partial charge in [-0.25, -0.2) is 0 Å². The lowest BCUT2D eigenvalue weighted by Crippen LogP contribution is -2.49. The lowest BCUT2D eigenvalue weighted by molar-refractivity contribution is -0.136. The molecule has 4 nitrogen and oxygen atoms in total. The number of nitrogens with zero attached hydrogens (tertiary/aromatic N) is 1. The molecule has 3 atom stereocenters. The molecule has 26 heavy (non-hydrogen) atoms. The third kappa shape index (κ3) is 3.00. The molecule has 0 aromatic heterocycles. The van der Waals surface area contributed by atoms with Crippen molar-refractivity contribution in [1.82, 2.24) is 10.2 Å². The first kappa shape index (κ1) is 16.8. The Morgan fingerprint density at radius 3 is 2.50 bits per heavy atom. The highest BCUT2D eigenvalue weighted by molar-refractivity contribution is 5.91. The van der Waals surface area contributed by atoms with E-state index in [9.17, 15) is 9.59 Å². The molecule has 1 fully saturated rings. The Morgan fingerprint density at radius 2 is 1.77 bits per heavy atom. The SMILES string of the molecule is C[C@@H]1[C@@H](c2ccccc2)c2ccccc2CCN1C(=O)[C@H]1CCC(=O)N1. The highest BCUT2D eigenvalue weighted by atomic mass is 16.2. The minimum Gasteiger partial charge on any atom is -0.344 e. The van der Waals surface area contributed by atoms with Crippen LogP contribution in [0.25, 0.3) is 0 Å². The minimum absolute atomic E-state index is 0.0197. The molecule has 2 amide bonds. The molecule has 2 aliphatic heterocycles. The van der Waals surface area contributed by atoms with Gasteiger partial charge in [-0.3, -0.25) is 9.59 Å². The molecule has 134 valence electrons. The normalized spacial score (nSPS) is 25.3. The Morgan fingerprint density at radius 1 is 1.04 bits per heavy atom. The predicted octanol–water partition coefficient (Wildman–Crippen LogP) is 2.87. The van der Waals surface area contributed by atoms with Gasteiger partial charge in [0.05, 0.1) is 0 Å². The standard InChI is InChI=1S/C22H24N2O2/c1-15-21(17-8-3-2-4-9-17)18-10-6-5-7-16(18)13-14-24(15)22(26)19-11-12-20(25)23-19/h2-10,15,19,21H,11-14H2,1H3,(H,23,25)/t15-,19-,21+/m1/s1. The summed E-state index contributed by atoms with van der Waals surface area (Å²) in [6.07, 6.45) is 1.89. The van der Waals surface area contributed by atoms with E-state index < -0.39 is 0 Å². The molecule has 0 saturated carbocycles. The van der Waals surface area contributed by atoms with Gasteiger partial charge in [-0.2, -0.15) is 0 Å². The molecule has 1 N–H and O–H groups in total. The fraction of sp³-hybridized carbons (Fsp3) is 0.364. The Balaban J connectivity index is 1.72. The number of nitrogens with one attached hydrogen (secondary N) is 1. The van der Waals surface area contributed by atoms with Gasteiger partial charge >= 0.3 is 0 Å². The van der Waals surface area contributed by atoms with Gasteiger partial charge in [-0.1, -0.05) is 54.6 Å². The first-order valence-electron chi connectivity index (χ1n) is 9.38. The van der Waals surface area contributed by atoms with Crippen LogP contribution in [0, 0.1) is 0 Å². The van der Waals surface area contributed by atoms with Crippen LogP contribution in [-0.4, -0.2) is 35.3 Å². The van der Waals surface area contributed by atoms with Crippen molar-refractivity contribution in [2.24, 2.45) is 0 Å². The monoisotopic (exact) mass is 348 g/mol. The first-order chi connectivity index (χ1) is 12.6. The molecule has 0 unspecified atom stereocenters. The quantitative estimate of drug-likeness (QED) is 0.907. The maximum Gasteiger partial charge on any atom is 0.245 e. The Bertz CT molecular complexity index is 818. The second-order valence-corrected chi connectivity index (χ2v) is 7.27. The van der Waals surface area contributed by atoms with Crippen molar-refractivity contribution in [1.29, 1.82) is 0 Å². The van der Waals surface area contributed by atoms with Crippen LogP contribution in [0.2, 0.25) is 0 Å². The zero-order valence-electron chi connectivity index (χ0n) is 15.0. The summed E-state index contributed by atoms with van der Waals surface area (Å²) in [6, 6.07) is 18.6. The van der Waals surface area contributed by atoms with E-state index in [-0.39, 0.29) is 29.8 Å². The Labute approximate surface area is 154 Å². The van der Waals surface area contributed by atoms with Gasteiger partial charge in [-0.05, 0) is 36.5 Å². The van der Waals surface area contributed by atoms with E-state index in [0.717, 1.165) is 6.42 Å². The lowest BCUT2D eigenvalue weighted by atomic mass is 9.83. The summed E-state index contributed by atoms with van der Waals surface area (Å²) >= 11 is 0. The molecule has 2 aromatic carbocycles. The van der Waals surface area contributed by atoms with E-state index in [1.165, 1.54) is 16.7 Å². The van der Waals surface area contributed by atoms with E-state index in [1.807, 2.05) is 11.0 Å². The fourth-order valence-electron chi connectivity index (χ4n) is 4.38. The van der Waals surface area contributed by atoms with Gasteiger partial charge in [0, 0.05) is 24.9 Å². The molecule has 4 rings (SSSR count). The number of fused-ring (bicyclic) bond motifs is 1. The van der Waals surface area contributed by atoms with Crippen LogP contribution in [0.1, 0.15) is 42.4 Å². The third-order valence-electron chi connectivity index (χ3n) is 5.72. The van der Waals surface area contributed by atoms with E-state index in [1.54, 1.807) is 0 Å². The second kappa shape index (κ2) is 6.94. The smallest absolute Gasteiger partial charge is 0.245 e. The highest BCUT2D eigenvalue weighted by Crippen LogP contribution is 2.36. The summed E-state index contributed by atoms with van der Waals surface area (Å²) in [7, 11) is 0. The van der Waals surface area contributed by atoms with Crippen LogP contribution in [-0.2, 0) is 16.0 Å². The van der Waals surface area contributed by atoms with Gasteiger partial charge in [0.2, 0.25) is 11.8 Å². The number of hydrogen-bond acceptors (Lipinski definition) is 2. The summed E-state index contributed by atoms with van der Waals surface area (Å²) in [5.74, 6) is 0.168. The van der Waals surface area contributed by atoms with Crippen LogP contribution < -0.4 is 5.32 Å². The Hall–Kier alpha value is -2.62. The molecule has 2 aliphatic rings. The topological polar surface area (TPSA) is 49.4 Å². The van der Waals surface area contributed by atoms with Crippen molar-refractivity contribution in [2.45, 2.75) is 44.2 Å². The zero-order valence-corrected chi connectivity index (χ0v) is 15.0. The van der Waals surface area contributed by atoms with Crippen molar-refractivity contribution in [2.75, 3.05) is 6.54 Å². The van der Waals surface area contributed by atoms with Crippen molar-refractivity contribution in [3.8, 4) is 0 Å². The van der Waals surface area contributed by atoms with Crippen LogP contribution in [0.5, 0.6) is 0 Å². The molecule has 0 aliphatic carbocycles. The summed E-state index contributed by atoms with van der Waals surface area (Å²) in [6.45, 7) is 2.82. The van der Waals surface area contributed by atoms with Gasteiger partial charge in [0.15, 0.2) is 0 Å². The fourth-order valence-corrected chi connectivity index (χ4v) is 4.38. The molecule has 0 radical (unpaired) electrons. The summed E-state index contributed by atoms with van der Waals surface area (Å²) < 4.78 is 0. The van der Waals surface area contributed by atoms with Crippen LogP contribution in [0.15, 0.2) is 54.6 Å². The van der Waals surface area contributed by atoms with Crippen LogP contribution in [0.3, 0.4) is 0 Å². The number of carbonyl (C=O) groups is 2.